The molecule has 24 heavy (non-hydrogen) atoms. The zero-order valence-corrected chi connectivity index (χ0v) is 12.9. The molecule has 0 saturated carbocycles. The number of carbonyl (C=O) groups excluding carboxylic acids is 1. The number of hydrogen-bond acceptors (Lipinski definition) is 2. The normalized spacial score (nSPS) is 13.1. The van der Waals surface area contributed by atoms with Gasteiger partial charge in [-0.05, 0) is 11.5 Å². The van der Waals surface area contributed by atoms with Crippen LogP contribution in [0.4, 0.5) is 36.8 Å². The van der Waals surface area contributed by atoms with Gasteiger partial charge >= 0.3 is 18.4 Å². The topological polar surface area (TPSA) is 61.4 Å². The minimum absolute atomic E-state index is 0.0167. The largest absolute Gasteiger partial charge is 0.430 e. The average Bonchev–Trinajstić information content (AvgIpc) is 2.43. The fraction of sp³-hybridized carbons (Fsp3) is 0.500. The Labute approximate surface area is 133 Å². The van der Waals surface area contributed by atoms with Gasteiger partial charge in [-0.2, -0.15) is 26.3 Å². The molecule has 4 nitrogen and oxygen atoms in total. The minimum Gasteiger partial charge on any atom is -0.369 e. The van der Waals surface area contributed by atoms with E-state index in [1.807, 2.05) is 10.6 Å². The van der Waals surface area contributed by atoms with E-state index in [1.165, 1.54) is 19.9 Å². The molecule has 0 aliphatic carbocycles. The van der Waals surface area contributed by atoms with Gasteiger partial charge in [-0.15, -0.1) is 0 Å². The molecule has 0 heterocycles. The SMILES string of the molecule is CNC(=O)Nc1c(C(C)C)cccc1C(O)(C(F)(F)F)C(F)(F)F. The predicted molar refractivity (Wildman–Crippen MR) is 74.6 cm³/mol. The van der Waals surface area contributed by atoms with Crippen molar-refractivity contribution in [1.29, 1.82) is 0 Å². The number of para-hydroxylation sites is 1. The van der Waals surface area contributed by atoms with Crippen LogP contribution < -0.4 is 10.6 Å². The van der Waals surface area contributed by atoms with Gasteiger partial charge in [0.05, 0.1) is 5.69 Å². The van der Waals surface area contributed by atoms with E-state index in [9.17, 15) is 36.2 Å². The van der Waals surface area contributed by atoms with Crippen LogP contribution in [0.15, 0.2) is 18.2 Å². The molecule has 1 rings (SSSR count). The van der Waals surface area contributed by atoms with Crippen LogP contribution in [0.25, 0.3) is 0 Å². The van der Waals surface area contributed by atoms with E-state index >= 15 is 0 Å². The quantitative estimate of drug-likeness (QED) is 0.719. The maximum absolute atomic E-state index is 13.1. The third-order valence-corrected chi connectivity index (χ3v) is 3.39. The lowest BCUT2D eigenvalue weighted by Gasteiger charge is -2.34. The summed E-state index contributed by atoms with van der Waals surface area (Å²) in [5.41, 5.74) is -7.33. The number of hydrogen-bond donors (Lipinski definition) is 3. The Morgan fingerprint density at radius 1 is 1.08 bits per heavy atom. The summed E-state index contributed by atoms with van der Waals surface area (Å²) in [5.74, 6) is -0.511. The van der Waals surface area contributed by atoms with Gasteiger partial charge in [0.15, 0.2) is 0 Å². The van der Waals surface area contributed by atoms with Crippen molar-refractivity contribution in [3.05, 3.63) is 29.3 Å². The van der Waals surface area contributed by atoms with Gasteiger partial charge in [0, 0.05) is 12.6 Å². The Bertz CT molecular complexity index is 596. The van der Waals surface area contributed by atoms with Gasteiger partial charge in [0.1, 0.15) is 0 Å². The molecular formula is C14H16F6N2O2. The number of anilines is 1. The van der Waals surface area contributed by atoms with E-state index in [-0.39, 0.29) is 5.56 Å². The van der Waals surface area contributed by atoms with Crippen molar-refractivity contribution in [2.75, 3.05) is 12.4 Å². The smallest absolute Gasteiger partial charge is 0.369 e. The lowest BCUT2D eigenvalue weighted by atomic mass is 9.86. The molecule has 1 aromatic carbocycles. The van der Waals surface area contributed by atoms with Crippen molar-refractivity contribution in [3.8, 4) is 0 Å². The predicted octanol–water partition coefficient (Wildman–Crippen LogP) is 3.87. The molecule has 0 atom stereocenters. The number of alkyl halides is 6. The maximum atomic E-state index is 13.1. The van der Waals surface area contributed by atoms with Crippen LogP contribution in [-0.4, -0.2) is 30.5 Å². The summed E-state index contributed by atoms with van der Waals surface area (Å²) in [6, 6.07) is 1.70. The molecule has 10 heteroatoms. The first-order chi connectivity index (χ1) is 10.8. The van der Waals surface area contributed by atoms with Crippen LogP contribution in [0.1, 0.15) is 30.9 Å². The van der Waals surface area contributed by atoms with Crippen molar-refractivity contribution in [1.82, 2.24) is 5.32 Å². The second kappa shape index (κ2) is 6.50. The van der Waals surface area contributed by atoms with Crippen molar-refractivity contribution in [3.63, 3.8) is 0 Å². The van der Waals surface area contributed by atoms with Crippen molar-refractivity contribution in [2.45, 2.75) is 37.7 Å². The summed E-state index contributed by atoms with van der Waals surface area (Å²) in [7, 11) is 1.15. The van der Waals surface area contributed by atoms with E-state index in [0.717, 1.165) is 13.1 Å². The van der Waals surface area contributed by atoms with Gasteiger partial charge in [-0.25, -0.2) is 4.79 Å². The van der Waals surface area contributed by atoms with E-state index in [0.29, 0.717) is 6.07 Å². The molecule has 0 aromatic heterocycles. The standard InChI is InChI=1S/C14H16F6N2O2/c1-7(2)8-5-4-6-9(10(8)22-11(23)21-3)12(24,13(15,16)17)14(18,19)20/h4-7,24H,1-3H3,(H2,21,22,23). The number of urea groups is 1. The Hall–Kier alpha value is -1.97. The number of carbonyl (C=O) groups is 1. The molecule has 0 radical (unpaired) electrons. The Balaban J connectivity index is 3.78. The van der Waals surface area contributed by atoms with E-state index < -0.39 is 41.2 Å². The highest BCUT2D eigenvalue weighted by Crippen LogP contribution is 2.52. The summed E-state index contributed by atoms with van der Waals surface area (Å²) >= 11 is 0. The van der Waals surface area contributed by atoms with Gasteiger partial charge in [0.2, 0.25) is 0 Å². The van der Waals surface area contributed by atoms with Gasteiger partial charge < -0.3 is 15.7 Å². The summed E-state index contributed by atoms with van der Waals surface area (Å²) in [4.78, 5) is 11.5. The molecule has 1 aromatic rings. The van der Waals surface area contributed by atoms with Crippen LogP contribution in [-0.2, 0) is 5.60 Å². The first kappa shape index (κ1) is 20.1. The molecule has 3 N–H and O–H groups in total. The number of nitrogens with one attached hydrogen (secondary N) is 2. The Morgan fingerprint density at radius 2 is 1.58 bits per heavy atom. The molecule has 136 valence electrons. The number of halogens is 6. The first-order valence-corrected chi connectivity index (χ1v) is 6.75. The number of aliphatic hydroxyl groups is 1. The number of rotatable bonds is 3. The molecular weight excluding hydrogens is 342 g/mol. The van der Waals surface area contributed by atoms with Gasteiger partial charge in [0.25, 0.3) is 5.60 Å². The van der Waals surface area contributed by atoms with Crippen LogP contribution in [0.3, 0.4) is 0 Å². The van der Waals surface area contributed by atoms with E-state index in [1.54, 1.807) is 0 Å². The van der Waals surface area contributed by atoms with Crippen LogP contribution in [0, 0.1) is 0 Å². The fourth-order valence-corrected chi connectivity index (χ4v) is 2.13. The average molecular weight is 358 g/mol. The van der Waals surface area contributed by atoms with Crippen LogP contribution in [0.5, 0.6) is 0 Å². The number of amides is 2. The highest BCUT2D eigenvalue weighted by Gasteiger charge is 2.72. The second-order valence-corrected chi connectivity index (χ2v) is 5.33. The first-order valence-electron chi connectivity index (χ1n) is 6.75. The zero-order valence-electron chi connectivity index (χ0n) is 12.9. The molecule has 0 bridgehead atoms. The summed E-state index contributed by atoms with van der Waals surface area (Å²) in [6.45, 7) is 3.04. The highest BCUT2D eigenvalue weighted by molar-refractivity contribution is 5.91. The lowest BCUT2D eigenvalue weighted by Crippen LogP contribution is -2.54. The lowest BCUT2D eigenvalue weighted by molar-refractivity contribution is -0.376. The second-order valence-electron chi connectivity index (χ2n) is 5.33. The summed E-state index contributed by atoms with van der Waals surface area (Å²) < 4.78 is 78.7. The third kappa shape index (κ3) is 3.42. The zero-order chi connectivity index (χ0) is 18.9. The monoisotopic (exact) mass is 358 g/mol. The molecule has 0 aliphatic heterocycles. The molecule has 0 aliphatic rings. The van der Waals surface area contributed by atoms with Crippen molar-refractivity contribution >= 4 is 11.7 Å². The molecule has 0 spiro atoms. The van der Waals surface area contributed by atoms with E-state index in [2.05, 4.69) is 0 Å². The number of benzene rings is 1. The molecule has 0 saturated heterocycles. The fourth-order valence-electron chi connectivity index (χ4n) is 2.13. The van der Waals surface area contributed by atoms with Crippen molar-refractivity contribution in [2.24, 2.45) is 0 Å². The van der Waals surface area contributed by atoms with Gasteiger partial charge in [-0.1, -0.05) is 32.0 Å². The minimum atomic E-state index is -6.04. The van der Waals surface area contributed by atoms with Crippen molar-refractivity contribution < 1.29 is 36.2 Å². The maximum Gasteiger partial charge on any atom is 0.430 e. The van der Waals surface area contributed by atoms with Gasteiger partial charge in [-0.3, -0.25) is 0 Å². The Kier molecular flexibility index (Phi) is 5.44. The summed E-state index contributed by atoms with van der Waals surface area (Å²) in [6.07, 6.45) is -12.1. The summed E-state index contributed by atoms with van der Waals surface area (Å²) in [5, 5.41) is 13.6. The molecule has 2 amide bonds. The third-order valence-electron chi connectivity index (χ3n) is 3.39. The van der Waals surface area contributed by atoms with Crippen LogP contribution in [0.2, 0.25) is 0 Å². The molecule has 0 unspecified atom stereocenters. The highest BCUT2D eigenvalue weighted by atomic mass is 19.4. The molecule has 0 fully saturated rings. The Morgan fingerprint density at radius 3 is 1.96 bits per heavy atom. The van der Waals surface area contributed by atoms with E-state index in [4.69, 9.17) is 0 Å². The van der Waals surface area contributed by atoms with Crippen LogP contribution >= 0.6 is 0 Å².